The molecule has 0 saturated carbocycles. The van der Waals surface area contributed by atoms with Gasteiger partial charge in [0.15, 0.2) is 0 Å². The molecule has 10 heteroatoms. The van der Waals surface area contributed by atoms with Gasteiger partial charge in [-0.1, -0.05) is 41.4 Å². The van der Waals surface area contributed by atoms with Crippen LogP contribution in [-0.2, 0) is 17.5 Å². The molecule has 0 aliphatic rings. The second-order valence-electron chi connectivity index (χ2n) is 5.44. The standard InChI is InChI=1S/C17H11Cl2F3N4O/c18-11-4-3-5-12(19)10(11)8-23-25-15(27)9-26-14-7-2-1-6-13(14)24-16(26)17(20,21)22/h1-8H,9H2,(H,25,27). The Kier molecular flexibility index (Phi) is 5.38. The molecule has 1 heterocycles. The van der Waals surface area contributed by atoms with E-state index < -0.39 is 24.5 Å². The Morgan fingerprint density at radius 1 is 1.15 bits per heavy atom. The van der Waals surface area contributed by atoms with Crippen LogP contribution < -0.4 is 5.43 Å². The number of fused-ring (bicyclic) bond motifs is 1. The monoisotopic (exact) mass is 414 g/mol. The third-order valence-electron chi connectivity index (χ3n) is 3.59. The van der Waals surface area contributed by atoms with E-state index in [9.17, 15) is 18.0 Å². The van der Waals surface area contributed by atoms with Crippen LogP contribution in [0.3, 0.4) is 0 Å². The van der Waals surface area contributed by atoms with E-state index in [1.165, 1.54) is 18.3 Å². The number of hydrazone groups is 1. The number of halogens is 5. The molecule has 3 aromatic rings. The van der Waals surface area contributed by atoms with Crippen molar-refractivity contribution >= 4 is 46.4 Å². The average Bonchev–Trinajstić information content (AvgIpc) is 2.96. The van der Waals surface area contributed by atoms with E-state index in [0.29, 0.717) is 15.6 Å². The molecule has 0 atom stereocenters. The van der Waals surface area contributed by atoms with Crippen LogP contribution in [0.4, 0.5) is 13.2 Å². The van der Waals surface area contributed by atoms with Crippen molar-refractivity contribution in [3.8, 4) is 0 Å². The third kappa shape index (κ3) is 4.23. The first-order valence-corrected chi connectivity index (χ1v) is 8.31. The van der Waals surface area contributed by atoms with Gasteiger partial charge in [-0.25, -0.2) is 10.4 Å². The van der Waals surface area contributed by atoms with E-state index in [1.807, 2.05) is 0 Å². The largest absolute Gasteiger partial charge is 0.449 e. The maximum absolute atomic E-state index is 13.2. The minimum Gasteiger partial charge on any atom is -0.311 e. The molecule has 1 N–H and O–H groups in total. The van der Waals surface area contributed by atoms with Crippen molar-refractivity contribution in [1.82, 2.24) is 15.0 Å². The topological polar surface area (TPSA) is 59.3 Å². The molecule has 1 amide bonds. The number of nitrogens with one attached hydrogen (secondary N) is 1. The van der Waals surface area contributed by atoms with Gasteiger partial charge in [0.2, 0.25) is 5.82 Å². The highest BCUT2D eigenvalue weighted by atomic mass is 35.5. The lowest BCUT2D eigenvalue weighted by atomic mass is 10.2. The number of para-hydroxylation sites is 2. The molecule has 0 radical (unpaired) electrons. The second kappa shape index (κ2) is 7.58. The first kappa shape index (κ1) is 19.2. The molecule has 1 aromatic heterocycles. The van der Waals surface area contributed by atoms with Crippen molar-refractivity contribution in [2.75, 3.05) is 0 Å². The van der Waals surface area contributed by atoms with E-state index in [4.69, 9.17) is 23.2 Å². The van der Waals surface area contributed by atoms with Gasteiger partial charge in [0.05, 0.1) is 27.3 Å². The lowest BCUT2D eigenvalue weighted by Crippen LogP contribution is -2.26. The van der Waals surface area contributed by atoms with E-state index >= 15 is 0 Å². The molecule has 140 valence electrons. The zero-order valence-corrected chi connectivity index (χ0v) is 15.0. The van der Waals surface area contributed by atoms with Crippen LogP contribution in [0.5, 0.6) is 0 Å². The van der Waals surface area contributed by atoms with Gasteiger partial charge in [-0.05, 0) is 24.3 Å². The highest BCUT2D eigenvalue weighted by Gasteiger charge is 2.37. The van der Waals surface area contributed by atoms with Crippen LogP contribution in [0, 0.1) is 0 Å². The number of carbonyl (C=O) groups excluding carboxylic acids is 1. The predicted molar refractivity (Wildman–Crippen MR) is 96.9 cm³/mol. The second-order valence-corrected chi connectivity index (χ2v) is 6.25. The lowest BCUT2D eigenvalue weighted by molar-refractivity contribution is -0.147. The predicted octanol–water partition coefficient (Wildman–Crippen LogP) is 4.51. The summed E-state index contributed by atoms with van der Waals surface area (Å²) in [7, 11) is 0. The maximum atomic E-state index is 13.2. The zero-order chi connectivity index (χ0) is 19.6. The van der Waals surface area contributed by atoms with Crippen LogP contribution in [-0.4, -0.2) is 21.7 Å². The maximum Gasteiger partial charge on any atom is 0.449 e. The molecule has 2 aromatic carbocycles. The number of alkyl halides is 3. The molecule has 27 heavy (non-hydrogen) atoms. The molecule has 0 aliphatic heterocycles. The van der Waals surface area contributed by atoms with Gasteiger partial charge >= 0.3 is 6.18 Å². The van der Waals surface area contributed by atoms with Gasteiger partial charge in [0.1, 0.15) is 6.54 Å². The number of benzene rings is 2. The molecule has 0 spiro atoms. The fraction of sp³-hybridized carbons (Fsp3) is 0.118. The van der Waals surface area contributed by atoms with Crippen LogP contribution in [0.1, 0.15) is 11.4 Å². The van der Waals surface area contributed by atoms with Crippen molar-refractivity contribution < 1.29 is 18.0 Å². The van der Waals surface area contributed by atoms with Crippen molar-refractivity contribution in [1.29, 1.82) is 0 Å². The SMILES string of the molecule is O=C(Cn1c(C(F)(F)F)nc2ccccc21)NN=Cc1c(Cl)cccc1Cl. The summed E-state index contributed by atoms with van der Waals surface area (Å²) in [5.41, 5.74) is 2.88. The number of carbonyl (C=O) groups is 1. The Labute approximate surface area is 161 Å². The molecule has 0 unspecified atom stereocenters. The van der Waals surface area contributed by atoms with Crippen molar-refractivity contribution in [3.05, 3.63) is 63.9 Å². The van der Waals surface area contributed by atoms with E-state index in [2.05, 4.69) is 15.5 Å². The number of hydrogen-bond donors (Lipinski definition) is 1. The fourth-order valence-electron chi connectivity index (χ4n) is 2.43. The Bertz CT molecular complexity index is 1010. The molecular formula is C17H11Cl2F3N4O. The summed E-state index contributed by atoms with van der Waals surface area (Å²) >= 11 is 11.9. The van der Waals surface area contributed by atoms with E-state index in [1.54, 1.807) is 30.3 Å². The molecule has 5 nitrogen and oxygen atoms in total. The van der Waals surface area contributed by atoms with Crippen LogP contribution in [0.15, 0.2) is 47.6 Å². The zero-order valence-electron chi connectivity index (χ0n) is 13.5. The van der Waals surface area contributed by atoms with Gasteiger partial charge in [-0.2, -0.15) is 18.3 Å². The smallest absolute Gasteiger partial charge is 0.311 e. The van der Waals surface area contributed by atoms with Gasteiger partial charge in [0.25, 0.3) is 5.91 Å². The number of rotatable bonds is 4. The lowest BCUT2D eigenvalue weighted by Gasteiger charge is -2.10. The minimum atomic E-state index is -4.70. The third-order valence-corrected chi connectivity index (χ3v) is 4.25. The van der Waals surface area contributed by atoms with Crippen molar-refractivity contribution in [2.45, 2.75) is 12.7 Å². The first-order chi connectivity index (χ1) is 12.8. The van der Waals surface area contributed by atoms with E-state index in [0.717, 1.165) is 4.57 Å². The summed E-state index contributed by atoms with van der Waals surface area (Å²) in [4.78, 5) is 15.7. The Hall–Kier alpha value is -2.58. The number of nitrogens with zero attached hydrogens (tertiary/aromatic N) is 3. The molecule has 0 bridgehead atoms. The summed E-state index contributed by atoms with van der Waals surface area (Å²) in [6.45, 7) is -0.608. The summed E-state index contributed by atoms with van der Waals surface area (Å²) in [6.07, 6.45) is -3.48. The fourth-order valence-corrected chi connectivity index (χ4v) is 2.93. The summed E-state index contributed by atoms with van der Waals surface area (Å²) in [5, 5.41) is 4.35. The van der Waals surface area contributed by atoms with Crippen LogP contribution in [0.25, 0.3) is 11.0 Å². The normalized spacial score (nSPS) is 12.0. The van der Waals surface area contributed by atoms with Crippen molar-refractivity contribution in [2.24, 2.45) is 5.10 Å². The molecule has 0 fully saturated rings. The van der Waals surface area contributed by atoms with Crippen LogP contribution in [0.2, 0.25) is 10.0 Å². The van der Waals surface area contributed by atoms with Gasteiger partial charge in [0, 0.05) is 5.56 Å². The van der Waals surface area contributed by atoms with E-state index in [-0.39, 0.29) is 11.0 Å². The summed E-state index contributed by atoms with van der Waals surface area (Å²) < 4.78 is 40.5. The van der Waals surface area contributed by atoms with Gasteiger partial charge < -0.3 is 4.57 Å². The molecule has 3 rings (SSSR count). The minimum absolute atomic E-state index is 0.143. The average molecular weight is 415 g/mol. The molecular weight excluding hydrogens is 404 g/mol. The number of hydrogen-bond acceptors (Lipinski definition) is 3. The highest BCUT2D eigenvalue weighted by molar-refractivity contribution is 6.38. The Morgan fingerprint density at radius 2 is 1.81 bits per heavy atom. The quantitative estimate of drug-likeness (QED) is 0.504. The molecule has 0 aliphatic carbocycles. The van der Waals surface area contributed by atoms with Gasteiger partial charge in [-0.15, -0.1) is 0 Å². The number of aromatic nitrogens is 2. The Balaban J connectivity index is 1.81. The van der Waals surface area contributed by atoms with Crippen molar-refractivity contribution in [3.63, 3.8) is 0 Å². The highest BCUT2D eigenvalue weighted by Crippen LogP contribution is 2.31. The number of imidazole rings is 1. The first-order valence-electron chi connectivity index (χ1n) is 7.56. The molecule has 0 saturated heterocycles. The summed E-state index contributed by atoms with van der Waals surface area (Å²) in [5.74, 6) is -1.92. The summed E-state index contributed by atoms with van der Waals surface area (Å²) in [6, 6.07) is 10.8. The number of amides is 1. The van der Waals surface area contributed by atoms with Gasteiger partial charge in [-0.3, -0.25) is 4.79 Å². The van der Waals surface area contributed by atoms with Crippen LogP contribution >= 0.6 is 23.2 Å². The Morgan fingerprint density at radius 3 is 2.48 bits per heavy atom.